The lowest BCUT2D eigenvalue weighted by Gasteiger charge is -2.11. The summed E-state index contributed by atoms with van der Waals surface area (Å²) in [7, 11) is 0. The lowest BCUT2D eigenvalue weighted by atomic mass is 10.1. The van der Waals surface area contributed by atoms with E-state index in [1.807, 2.05) is 0 Å². The zero-order valence-corrected chi connectivity index (χ0v) is 9.13. The quantitative estimate of drug-likeness (QED) is 0.828. The highest BCUT2D eigenvalue weighted by atomic mass is 19.1. The number of hydrogen-bond acceptors (Lipinski definition) is 2. The van der Waals surface area contributed by atoms with Crippen LogP contribution in [0.4, 0.5) is 4.39 Å². The molecule has 1 N–H and O–H groups in total. The van der Waals surface area contributed by atoms with Crippen LogP contribution in [0.15, 0.2) is 18.2 Å². The Morgan fingerprint density at radius 3 is 3.06 bits per heavy atom. The van der Waals surface area contributed by atoms with Gasteiger partial charge in [-0.25, -0.2) is 4.39 Å². The number of amides is 1. The van der Waals surface area contributed by atoms with Crippen molar-refractivity contribution in [2.75, 3.05) is 13.2 Å². The summed E-state index contributed by atoms with van der Waals surface area (Å²) >= 11 is 0. The highest BCUT2D eigenvalue weighted by Gasteiger charge is 2.20. The van der Waals surface area contributed by atoms with E-state index in [2.05, 4.69) is 5.32 Å². The smallest absolute Gasteiger partial charge is 0.254 e. The Morgan fingerprint density at radius 2 is 2.38 bits per heavy atom. The highest BCUT2D eigenvalue weighted by molar-refractivity contribution is 5.94. The summed E-state index contributed by atoms with van der Waals surface area (Å²) in [6, 6.07) is 4.82. The lowest BCUT2D eigenvalue weighted by Crippen LogP contribution is -2.35. The van der Waals surface area contributed by atoms with Gasteiger partial charge in [0.25, 0.3) is 5.91 Å². The van der Waals surface area contributed by atoms with Crippen molar-refractivity contribution in [3.63, 3.8) is 0 Å². The number of rotatable bonds is 2. The molecule has 16 heavy (non-hydrogen) atoms. The van der Waals surface area contributed by atoms with Gasteiger partial charge < -0.3 is 10.1 Å². The lowest BCUT2D eigenvalue weighted by molar-refractivity contribution is 0.0925. The average Bonchev–Trinajstić information content (AvgIpc) is 2.74. The second-order valence-corrected chi connectivity index (χ2v) is 3.97. The van der Waals surface area contributed by atoms with Gasteiger partial charge in [-0.2, -0.15) is 0 Å². The number of halogens is 1. The molecule has 1 aliphatic heterocycles. The van der Waals surface area contributed by atoms with Gasteiger partial charge in [0.1, 0.15) is 5.82 Å². The van der Waals surface area contributed by atoms with Crippen LogP contribution in [0.5, 0.6) is 0 Å². The molecule has 0 bridgehead atoms. The van der Waals surface area contributed by atoms with E-state index in [1.165, 1.54) is 6.07 Å². The molecule has 1 unspecified atom stereocenters. The molecule has 86 valence electrons. The van der Waals surface area contributed by atoms with Gasteiger partial charge in [-0.15, -0.1) is 0 Å². The molecule has 0 spiro atoms. The predicted molar refractivity (Wildman–Crippen MR) is 57.8 cm³/mol. The number of hydrogen-bond donors (Lipinski definition) is 1. The summed E-state index contributed by atoms with van der Waals surface area (Å²) in [6.07, 6.45) is 0.791. The summed E-state index contributed by atoms with van der Waals surface area (Å²) in [5, 5.41) is 2.76. The van der Waals surface area contributed by atoms with Crippen LogP contribution in [0.3, 0.4) is 0 Å². The molecule has 1 fully saturated rings. The highest BCUT2D eigenvalue weighted by Crippen LogP contribution is 2.13. The van der Waals surface area contributed by atoms with Crippen LogP contribution in [0.1, 0.15) is 22.3 Å². The normalized spacial score (nSPS) is 19.8. The number of aryl methyl sites for hydroxylation is 1. The first-order valence-corrected chi connectivity index (χ1v) is 5.32. The van der Waals surface area contributed by atoms with Crippen molar-refractivity contribution in [2.45, 2.75) is 19.4 Å². The Balaban J connectivity index is 2.11. The van der Waals surface area contributed by atoms with Gasteiger partial charge >= 0.3 is 0 Å². The second-order valence-electron chi connectivity index (χ2n) is 3.97. The molecular formula is C12H14FNO2. The zero-order valence-electron chi connectivity index (χ0n) is 9.13. The number of carbonyl (C=O) groups excluding carboxylic acids is 1. The molecular weight excluding hydrogens is 209 g/mol. The summed E-state index contributed by atoms with van der Waals surface area (Å²) in [5.41, 5.74) is 0.585. The largest absolute Gasteiger partial charge is 0.379 e. The standard InChI is InChI=1S/C12H14FNO2/c1-8-3-2-4-10(11(8)13)12(15)14-9-5-6-16-7-9/h2-4,9H,5-7H2,1H3,(H,14,15). The Bertz CT molecular complexity index is 400. The monoisotopic (exact) mass is 223 g/mol. The van der Waals surface area contributed by atoms with Crippen molar-refractivity contribution in [2.24, 2.45) is 0 Å². The van der Waals surface area contributed by atoms with Crippen molar-refractivity contribution in [1.29, 1.82) is 0 Å². The van der Waals surface area contributed by atoms with Gasteiger partial charge in [-0.1, -0.05) is 12.1 Å². The minimum atomic E-state index is -0.445. The Labute approximate surface area is 93.6 Å². The molecule has 0 aromatic heterocycles. The Morgan fingerprint density at radius 1 is 1.56 bits per heavy atom. The van der Waals surface area contributed by atoms with Gasteiger partial charge in [0.15, 0.2) is 0 Å². The van der Waals surface area contributed by atoms with Gasteiger partial charge in [0.2, 0.25) is 0 Å². The van der Waals surface area contributed by atoms with Crippen LogP contribution < -0.4 is 5.32 Å². The zero-order chi connectivity index (χ0) is 11.5. The fraction of sp³-hybridized carbons (Fsp3) is 0.417. The topological polar surface area (TPSA) is 38.3 Å². The van der Waals surface area contributed by atoms with Gasteiger partial charge in [-0.3, -0.25) is 4.79 Å². The van der Waals surface area contributed by atoms with Gasteiger partial charge in [0.05, 0.1) is 18.2 Å². The molecule has 1 aliphatic rings. The molecule has 4 heteroatoms. The van der Waals surface area contributed by atoms with Crippen LogP contribution in [0.2, 0.25) is 0 Å². The van der Waals surface area contributed by atoms with Crippen LogP contribution in [0, 0.1) is 12.7 Å². The number of ether oxygens (including phenoxy) is 1. The third kappa shape index (κ3) is 2.22. The van der Waals surface area contributed by atoms with Gasteiger partial charge in [-0.05, 0) is 25.0 Å². The molecule has 1 heterocycles. The Kier molecular flexibility index (Phi) is 3.19. The van der Waals surface area contributed by atoms with Crippen LogP contribution in [-0.2, 0) is 4.74 Å². The summed E-state index contributed by atoms with van der Waals surface area (Å²) in [6.45, 7) is 2.81. The third-order valence-corrected chi connectivity index (χ3v) is 2.70. The van der Waals surface area contributed by atoms with Crippen molar-refractivity contribution >= 4 is 5.91 Å². The third-order valence-electron chi connectivity index (χ3n) is 2.70. The first-order valence-electron chi connectivity index (χ1n) is 5.32. The maximum absolute atomic E-state index is 13.6. The molecule has 0 saturated carbocycles. The van der Waals surface area contributed by atoms with Gasteiger partial charge in [0, 0.05) is 6.61 Å². The van der Waals surface area contributed by atoms with E-state index >= 15 is 0 Å². The van der Waals surface area contributed by atoms with Crippen LogP contribution >= 0.6 is 0 Å². The van der Waals surface area contributed by atoms with Crippen molar-refractivity contribution in [3.8, 4) is 0 Å². The van der Waals surface area contributed by atoms with E-state index in [0.29, 0.717) is 18.8 Å². The van der Waals surface area contributed by atoms with E-state index in [9.17, 15) is 9.18 Å². The van der Waals surface area contributed by atoms with E-state index in [4.69, 9.17) is 4.74 Å². The first-order chi connectivity index (χ1) is 7.68. The minimum Gasteiger partial charge on any atom is -0.379 e. The minimum absolute atomic E-state index is 0.00686. The fourth-order valence-corrected chi connectivity index (χ4v) is 1.73. The van der Waals surface area contributed by atoms with E-state index in [-0.39, 0.29) is 17.5 Å². The summed E-state index contributed by atoms with van der Waals surface area (Å²) < 4.78 is 18.8. The molecule has 0 radical (unpaired) electrons. The first kappa shape index (κ1) is 11.1. The summed E-state index contributed by atoms with van der Waals surface area (Å²) in [4.78, 5) is 11.8. The predicted octanol–water partition coefficient (Wildman–Crippen LogP) is 1.65. The molecule has 1 amide bonds. The maximum Gasteiger partial charge on any atom is 0.254 e. The molecule has 1 aromatic carbocycles. The molecule has 1 atom stereocenters. The average molecular weight is 223 g/mol. The van der Waals surface area contributed by atoms with E-state index < -0.39 is 5.82 Å². The summed E-state index contributed by atoms with van der Waals surface area (Å²) in [5.74, 6) is -0.810. The number of benzene rings is 1. The number of nitrogens with one attached hydrogen (secondary N) is 1. The van der Waals surface area contributed by atoms with E-state index in [0.717, 1.165) is 6.42 Å². The molecule has 1 saturated heterocycles. The van der Waals surface area contributed by atoms with Crippen LogP contribution in [-0.4, -0.2) is 25.2 Å². The fourth-order valence-electron chi connectivity index (χ4n) is 1.73. The molecule has 1 aromatic rings. The Hall–Kier alpha value is -1.42. The van der Waals surface area contributed by atoms with Crippen molar-refractivity contribution < 1.29 is 13.9 Å². The number of carbonyl (C=O) groups is 1. The SMILES string of the molecule is Cc1cccc(C(=O)NC2CCOC2)c1F. The molecule has 3 nitrogen and oxygen atoms in total. The maximum atomic E-state index is 13.6. The van der Waals surface area contributed by atoms with E-state index in [1.54, 1.807) is 19.1 Å². The van der Waals surface area contributed by atoms with Crippen molar-refractivity contribution in [1.82, 2.24) is 5.32 Å². The molecule has 2 rings (SSSR count). The second kappa shape index (κ2) is 4.61. The molecule has 0 aliphatic carbocycles. The van der Waals surface area contributed by atoms with Crippen LogP contribution in [0.25, 0.3) is 0 Å². The van der Waals surface area contributed by atoms with Crippen molar-refractivity contribution in [3.05, 3.63) is 35.1 Å².